The summed E-state index contributed by atoms with van der Waals surface area (Å²) >= 11 is 4.92. The van der Waals surface area contributed by atoms with Crippen LogP contribution in [0.3, 0.4) is 0 Å². The van der Waals surface area contributed by atoms with Gasteiger partial charge in [0.05, 0.1) is 12.2 Å². The van der Waals surface area contributed by atoms with Crippen molar-refractivity contribution in [2.75, 3.05) is 0 Å². The van der Waals surface area contributed by atoms with Crippen molar-refractivity contribution in [3.05, 3.63) is 57.8 Å². The highest BCUT2D eigenvalue weighted by Gasteiger charge is 2.07. The van der Waals surface area contributed by atoms with Gasteiger partial charge in [-0.2, -0.15) is 0 Å². The van der Waals surface area contributed by atoms with Crippen LogP contribution in [0.25, 0.3) is 4.96 Å². The predicted octanol–water partition coefficient (Wildman–Crippen LogP) is 3.09. The van der Waals surface area contributed by atoms with E-state index >= 15 is 0 Å². The zero-order chi connectivity index (χ0) is 13.2. The molecule has 3 aromatic rings. The average Bonchev–Trinajstić information content (AvgIpc) is 2.97. The molecule has 1 amide bonds. The average molecular weight is 336 g/mol. The van der Waals surface area contributed by atoms with Crippen LogP contribution in [0.4, 0.5) is 0 Å². The highest BCUT2D eigenvalue weighted by atomic mass is 79.9. The Kier molecular flexibility index (Phi) is 3.35. The zero-order valence-electron chi connectivity index (χ0n) is 9.84. The summed E-state index contributed by atoms with van der Waals surface area (Å²) in [6.07, 6.45) is 3.88. The van der Waals surface area contributed by atoms with Gasteiger partial charge in [-0.1, -0.05) is 15.9 Å². The molecule has 0 aliphatic heterocycles. The normalized spacial score (nSPS) is 10.8. The summed E-state index contributed by atoms with van der Waals surface area (Å²) in [4.78, 5) is 17.3. The molecule has 0 aliphatic carbocycles. The van der Waals surface area contributed by atoms with E-state index in [2.05, 4.69) is 26.2 Å². The molecule has 0 bridgehead atoms. The number of hydrogen-bond donors (Lipinski definition) is 1. The van der Waals surface area contributed by atoms with E-state index in [0.717, 1.165) is 15.1 Å². The largest absolute Gasteiger partial charge is 0.346 e. The van der Waals surface area contributed by atoms with E-state index in [1.165, 1.54) is 0 Å². The molecule has 0 saturated heterocycles. The van der Waals surface area contributed by atoms with Crippen LogP contribution in [0.5, 0.6) is 0 Å². The zero-order valence-corrected chi connectivity index (χ0v) is 12.2. The molecule has 0 aliphatic rings. The van der Waals surface area contributed by atoms with Gasteiger partial charge in [-0.05, 0) is 24.3 Å². The Balaban J connectivity index is 1.67. The number of benzene rings is 1. The number of aromatic nitrogens is 2. The molecule has 1 N–H and O–H groups in total. The second kappa shape index (κ2) is 5.14. The van der Waals surface area contributed by atoms with E-state index in [0.29, 0.717) is 12.1 Å². The summed E-state index contributed by atoms with van der Waals surface area (Å²) in [6.45, 7) is 0.434. The third-order valence-electron chi connectivity index (χ3n) is 2.68. The molecule has 4 nitrogen and oxygen atoms in total. The van der Waals surface area contributed by atoms with Crippen LogP contribution in [0.1, 0.15) is 16.1 Å². The Morgan fingerprint density at radius 2 is 2.16 bits per heavy atom. The van der Waals surface area contributed by atoms with E-state index in [1.807, 2.05) is 34.3 Å². The summed E-state index contributed by atoms with van der Waals surface area (Å²) in [5.74, 6) is -0.0937. The van der Waals surface area contributed by atoms with Crippen LogP contribution < -0.4 is 5.32 Å². The molecule has 0 atom stereocenters. The number of carbonyl (C=O) groups is 1. The van der Waals surface area contributed by atoms with Gasteiger partial charge >= 0.3 is 0 Å². The Hall–Kier alpha value is -1.66. The second-order valence-electron chi connectivity index (χ2n) is 4.01. The maximum absolute atomic E-state index is 11.9. The first-order valence-corrected chi connectivity index (χ1v) is 7.34. The minimum atomic E-state index is -0.0937. The van der Waals surface area contributed by atoms with Crippen molar-refractivity contribution in [1.82, 2.24) is 14.7 Å². The molecule has 0 unspecified atom stereocenters. The van der Waals surface area contributed by atoms with E-state index in [-0.39, 0.29) is 5.91 Å². The smallest absolute Gasteiger partial charge is 0.251 e. The minimum absolute atomic E-state index is 0.0937. The van der Waals surface area contributed by atoms with Crippen LogP contribution in [0.2, 0.25) is 0 Å². The molecule has 0 spiro atoms. The van der Waals surface area contributed by atoms with E-state index in [1.54, 1.807) is 23.5 Å². The number of rotatable bonds is 3. The van der Waals surface area contributed by atoms with Crippen molar-refractivity contribution in [1.29, 1.82) is 0 Å². The molecule has 3 rings (SSSR count). The molecular formula is C13H10BrN3OS. The standard InChI is InChI=1S/C13H10BrN3OS/c14-10-3-1-9(2-4-10)12(18)15-7-11-8-17-5-6-19-13(17)16-11/h1-6,8H,7H2,(H,15,18). The van der Waals surface area contributed by atoms with Gasteiger partial charge in [0.25, 0.3) is 5.91 Å². The highest BCUT2D eigenvalue weighted by molar-refractivity contribution is 9.10. The van der Waals surface area contributed by atoms with E-state index in [9.17, 15) is 4.79 Å². The fourth-order valence-electron chi connectivity index (χ4n) is 1.74. The van der Waals surface area contributed by atoms with Gasteiger partial charge in [0, 0.05) is 27.8 Å². The Bertz CT molecular complexity index is 688. The van der Waals surface area contributed by atoms with Gasteiger partial charge in [-0.25, -0.2) is 4.98 Å². The number of nitrogens with one attached hydrogen (secondary N) is 1. The Morgan fingerprint density at radius 1 is 1.37 bits per heavy atom. The first kappa shape index (κ1) is 12.4. The van der Waals surface area contributed by atoms with E-state index < -0.39 is 0 Å². The third-order valence-corrected chi connectivity index (χ3v) is 3.98. The number of nitrogens with zero attached hydrogens (tertiary/aromatic N) is 2. The van der Waals surface area contributed by atoms with Crippen molar-refractivity contribution in [3.8, 4) is 0 Å². The fourth-order valence-corrected chi connectivity index (χ4v) is 2.72. The molecule has 1 aromatic carbocycles. The van der Waals surface area contributed by atoms with Crippen molar-refractivity contribution in [2.24, 2.45) is 0 Å². The summed E-state index contributed by atoms with van der Waals surface area (Å²) in [5, 5.41) is 4.84. The summed E-state index contributed by atoms with van der Waals surface area (Å²) in [7, 11) is 0. The number of fused-ring (bicyclic) bond motifs is 1. The molecule has 2 aromatic heterocycles. The Morgan fingerprint density at radius 3 is 2.89 bits per heavy atom. The molecule has 6 heteroatoms. The van der Waals surface area contributed by atoms with Gasteiger partial charge in [0.15, 0.2) is 4.96 Å². The monoisotopic (exact) mass is 335 g/mol. The lowest BCUT2D eigenvalue weighted by atomic mass is 10.2. The SMILES string of the molecule is O=C(NCc1cn2ccsc2n1)c1ccc(Br)cc1. The number of carbonyl (C=O) groups excluding carboxylic acids is 1. The summed E-state index contributed by atoms with van der Waals surface area (Å²) in [6, 6.07) is 7.26. The van der Waals surface area contributed by atoms with Crippen LogP contribution in [0, 0.1) is 0 Å². The molecule has 96 valence electrons. The third kappa shape index (κ3) is 2.69. The maximum atomic E-state index is 11.9. The van der Waals surface area contributed by atoms with Gasteiger partial charge in [0.1, 0.15) is 0 Å². The van der Waals surface area contributed by atoms with Crippen LogP contribution in [-0.4, -0.2) is 15.3 Å². The van der Waals surface area contributed by atoms with Crippen molar-refractivity contribution in [3.63, 3.8) is 0 Å². The molecule has 0 saturated carbocycles. The first-order chi connectivity index (χ1) is 9.22. The number of amides is 1. The second-order valence-corrected chi connectivity index (χ2v) is 5.80. The van der Waals surface area contributed by atoms with Gasteiger partial charge in [-0.3, -0.25) is 9.20 Å². The molecule has 0 fully saturated rings. The van der Waals surface area contributed by atoms with Crippen LogP contribution >= 0.6 is 27.3 Å². The molecule has 0 radical (unpaired) electrons. The summed E-state index contributed by atoms with van der Waals surface area (Å²) in [5.41, 5.74) is 1.50. The lowest BCUT2D eigenvalue weighted by Gasteiger charge is -2.03. The van der Waals surface area contributed by atoms with Crippen LogP contribution in [0.15, 0.2) is 46.5 Å². The lowest BCUT2D eigenvalue weighted by molar-refractivity contribution is 0.0950. The van der Waals surface area contributed by atoms with E-state index in [4.69, 9.17) is 0 Å². The number of hydrogen-bond acceptors (Lipinski definition) is 3. The fraction of sp³-hybridized carbons (Fsp3) is 0.0769. The minimum Gasteiger partial charge on any atom is -0.346 e. The highest BCUT2D eigenvalue weighted by Crippen LogP contribution is 2.12. The predicted molar refractivity (Wildman–Crippen MR) is 78.4 cm³/mol. The van der Waals surface area contributed by atoms with Gasteiger partial charge in [0.2, 0.25) is 0 Å². The molecular weight excluding hydrogens is 326 g/mol. The summed E-state index contributed by atoms with van der Waals surface area (Å²) < 4.78 is 2.91. The maximum Gasteiger partial charge on any atom is 0.251 e. The van der Waals surface area contributed by atoms with Crippen molar-refractivity contribution < 1.29 is 4.79 Å². The number of halogens is 1. The first-order valence-electron chi connectivity index (χ1n) is 5.67. The topological polar surface area (TPSA) is 46.4 Å². The van der Waals surface area contributed by atoms with Crippen LogP contribution in [-0.2, 0) is 6.54 Å². The molecule has 19 heavy (non-hydrogen) atoms. The number of thiazole rings is 1. The Labute approximate surface area is 122 Å². The quantitative estimate of drug-likeness (QED) is 0.799. The number of imidazole rings is 1. The lowest BCUT2D eigenvalue weighted by Crippen LogP contribution is -2.22. The van der Waals surface area contributed by atoms with Gasteiger partial charge < -0.3 is 5.32 Å². The van der Waals surface area contributed by atoms with Gasteiger partial charge in [-0.15, -0.1) is 11.3 Å². The van der Waals surface area contributed by atoms with Crippen molar-refractivity contribution >= 4 is 38.1 Å². The van der Waals surface area contributed by atoms with Crippen molar-refractivity contribution in [2.45, 2.75) is 6.54 Å². The molecule has 2 heterocycles.